The highest BCUT2D eigenvalue weighted by Gasteiger charge is 2.28. The summed E-state index contributed by atoms with van der Waals surface area (Å²) in [6.45, 7) is 1.10. The van der Waals surface area contributed by atoms with Crippen molar-refractivity contribution in [3.8, 4) is 0 Å². The maximum absolute atomic E-state index is 13.1. The van der Waals surface area contributed by atoms with Crippen LogP contribution in [0.3, 0.4) is 0 Å². The number of hydrogen-bond acceptors (Lipinski definition) is 4. The third kappa shape index (κ3) is 2.41. The Morgan fingerprint density at radius 2 is 2.26 bits per heavy atom. The summed E-state index contributed by atoms with van der Waals surface area (Å²) in [6, 6.07) is 3.49. The van der Waals surface area contributed by atoms with Crippen LogP contribution < -0.4 is 10.0 Å². The predicted molar refractivity (Wildman–Crippen MR) is 67.0 cm³/mol. The van der Waals surface area contributed by atoms with Crippen molar-refractivity contribution in [2.24, 2.45) is 4.99 Å². The summed E-state index contributed by atoms with van der Waals surface area (Å²) >= 11 is 0. The van der Waals surface area contributed by atoms with Crippen LogP contribution in [0.2, 0.25) is 0 Å². The molecule has 2 aliphatic heterocycles. The van der Waals surface area contributed by atoms with Crippen LogP contribution in [0, 0.1) is 5.82 Å². The number of rotatable bonds is 1. The number of sulfonamides is 1. The summed E-state index contributed by atoms with van der Waals surface area (Å²) in [5.74, 6) is -0.454. The van der Waals surface area contributed by atoms with E-state index in [0.29, 0.717) is 18.9 Å². The van der Waals surface area contributed by atoms with Crippen LogP contribution in [0.5, 0.6) is 0 Å². The highest BCUT2D eigenvalue weighted by atomic mass is 32.2. The molecular formula is C11H12FN3O3S. The Morgan fingerprint density at radius 1 is 1.42 bits per heavy atom. The van der Waals surface area contributed by atoms with E-state index < -0.39 is 15.8 Å². The minimum atomic E-state index is -3.78. The van der Waals surface area contributed by atoms with E-state index in [-0.39, 0.29) is 16.9 Å². The van der Waals surface area contributed by atoms with Gasteiger partial charge in [-0.25, -0.2) is 22.5 Å². The fourth-order valence-electron chi connectivity index (χ4n) is 2.02. The van der Waals surface area contributed by atoms with E-state index in [0.717, 1.165) is 12.5 Å². The lowest BCUT2D eigenvalue weighted by Crippen LogP contribution is -2.41. The number of halogens is 1. The van der Waals surface area contributed by atoms with Crippen molar-refractivity contribution in [2.75, 3.05) is 18.5 Å². The van der Waals surface area contributed by atoms with E-state index in [1.165, 1.54) is 12.1 Å². The van der Waals surface area contributed by atoms with Crippen molar-refractivity contribution < 1.29 is 17.5 Å². The molecule has 102 valence electrons. The van der Waals surface area contributed by atoms with Crippen molar-refractivity contribution >= 4 is 21.7 Å². The standard InChI is InChI=1S/C11H12FN3O3S/c12-7-1-2-9-10(5-7)19(16,17)15-11(14-9)13-8-3-4-18-6-8/h1-2,5,8H,3-4,6H2,(H2,13,14,15)/t8-/m1/s1. The third-order valence-corrected chi connectivity index (χ3v) is 4.31. The van der Waals surface area contributed by atoms with Crippen LogP contribution in [-0.4, -0.2) is 33.6 Å². The number of aliphatic imine (C=N–C) groups is 1. The molecule has 0 aliphatic carbocycles. The number of anilines is 1. The molecule has 0 radical (unpaired) electrons. The predicted octanol–water partition coefficient (Wildman–Crippen LogP) is 0.674. The molecule has 2 N–H and O–H groups in total. The molecule has 8 heteroatoms. The maximum atomic E-state index is 13.1. The van der Waals surface area contributed by atoms with Crippen LogP contribution in [0.25, 0.3) is 0 Å². The molecule has 0 aromatic heterocycles. The zero-order valence-electron chi connectivity index (χ0n) is 9.89. The van der Waals surface area contributed by atoms with Gasteiger partial charge >= 0.3 is 0 Å². The molecule has 0 spiro atoms. The summed E-state index contributed by atoms with van der Waals surface area (Å²) < 4.78 is 44.5. The van der Waals surface area contributed by atoms with Gasteiger partial charge in [0.25, 0.3) is 10.0 Å². The van der Waals surface area contributed by atoms with Gasteiger partial charge in [-0.2, -0.15) is 0 Å². The summed E-state index contributed by atoms with van der Waals surface area (Å²) in [6.07, 6.45) is 0.753. The van der Waals surface area contributed by atoms with Crippen LogP contribution in [0.1, 0.15) is 6.42 Å². The minimum Gasteiger partial charge on any atom is -0.379 e. The van der Waals surface area contributed by atoms with Gasteiger partial charge in [-0.3, -0.25) is 0 Å². The van der Waals surface area contributed by atoms with E-state index in [1.54, 1.807) is 0 Å². The van der Waals surface area contributed by atoms with Crippen LogP contribution in [0.15, 0.2) is 28.1 Å². The minimum absolute atomic E-state index is 0.0628. The maximum Gasteiger partial charge on any atom is 0.266 e. The molecule has 2 aliphatic rings. The Labute approximate surface area is 109 Å². The Balaban J connectivity index is 1.97. The highest BCUT2D eigenvalue weighted by molar-refractivity contribution is 7.90. The highest BCUT2D eigenvalue weighted by Crippen LogP contribution is 2.25. The molecule has 6 nitrogen and oxygen atoms in total. The van der Waals surface area contributed by atoms with Crippen molar-refractivity contribution in [1.29, 1.82) is 0 Å². The second-order valence-corrected chi connectivity index (χ2v) is 6.02. The molecule has 2 heterocycles. The Kier molecular flexibility index (Phi) is 2.90. The number of guanidine groups is 1. The summed E-state index contributed by atoms with van der Waals surface area (Å²) in [5, 5.41) is 2.84. The summed E-state index contributed by atoms with van der Waals surface area (Å²) in [7, 11) is -3.78. The number of benzene rings is 1. The summed E-state index contributed by atoms with van der Waals surface area (Å²) in [4.78, 5) is 4.13. The number of ether oxygens (including phenoxy) is 1. The largest absolute Gasteiger partial charge is 0.379 e. The average Bonchev–Trinajstić information content (AvgIpc) is 2.82. The van der Waals surface area contributed by atoms with Gasteiger partial charge in [-0.05, 0) is 24.6 Å². The SMILES string of the molecule is O=S1(=O)NC(=N[C@@H]2CCOC2)Nc2ccc(F)cc21. The molecule has 0 unspecified atom stereocenters. The van der Waals surface area contributed by atoms with Gasteiger partial charge in [0.1, 0.15) is 10.7 Å². The molecule has 1 atom stereocenters. The fraction of sp³-hybridized carbons (Fsp3) is 0.364. The zero-order chi connectivity index (χ0) is 13.5. The number of nitrogens with one attached hydrogen (secondary N) is 2. The zero-order valence-corrected chi connectivity index (χ0v) is 10.7. The average molecular weight is 285 g/mol. The second-order valence-electron chi connectivity index (χ2n) is 4.37. The first-order chi connectivity index (χ1) is 9.04. The third-order valence-electron chi connectivity index (χ3n) is 2.93. The Morgan fingerprint density at radius 3 is 3.00 bits per heavy atom. The second kappa shape index (κ2) is 4.46. The topological polar surface area (TPSA) is 79.8 Å². The van der Waals surface area contributed by atoms with E-state index in [1.807, 2.05) is 0 Å². The van der Waals surface area contributed by atoms with Crippen molar-refractivity contribution in [2.45, 2.75) is 17.4 Å². The van der Waals surface area contributed by atoms with Crippen LogP contribution in [-0.2, 0) is 14.8 Å². The lowest BCUT2D eigenvalue weighted by Gasteiger charge is -2.22. The van der Waals surface area contributed by atoms with Crippen LogP contribution in [0.4, 0.5) is 10.1 Å². The molecule has 1 saturated heterocycles. The molecule has 1 fully saturated rings. The monoisotopic (exact) mass is 285 g/mol. The molecule has 1 aromatic rings. The quantitative estimate of drug-likeness (QED) is 0.795. The first-order valence-corrected chi connectivity index (χ1v) is 7.28. The first kappa shape index (κ1) is 12.4. The van der Waals surface area contributed by atoms with Gasteiger partial charge < -0.3 is 10.1 Å². The Bertz CT molecular complexity index is 639. The molecule has 3 rings (SSSR count). The normalized spacial score (nSPS) is 26.6. The van der Waals surface area contributed by atoms with Gasteiger partial charge in [-0.1, -0.05) is 0 Å². The molecule has 0 amide bonds. The Hall–Kier alpha value is -1.67. The molecular weight excluding hydrogens is 273 g/mol. The van der Waals surface area contributed by atoms with Crippen LogP contribution >= 0.6 is 0 Å². The first-order valence-electron chi connectivity index (χ1n) is 5.79. The molecule has 19 heavy (non-hydrogen) atoms. The number of hydrogen-bond donors (Lipinski definition) is 2. The van der Waals surface area contributed by atoms with Crippen molar-refractivity contribution in [3.05, 3.63) is 24.0 Å². The van der Waals surface area contributed by atoms with Gasteiger partial charge in [-0.15, -0.1) is 0 Å². The molecule has 0 saturated carbocycles. The number of fused-ring (bicyclic) bond motifs is 1. The van der Waals surface area contributed by atoms with Gasteiger partial charge in [0.15, 0.2) is 0 Å². The smallest absolute Gasteiger partial charge is 0.266 e. The van der Waals surface area contributed by atoms with E-state index >= 15 is 0 Å². The number of nitrogens with zero attached hydrogens (tertiary/aromatic N) is 1. The van der Waals surface area contributed by atoms with Crippen molar-refractivity contribution in [3.63, 3.8) is 0 Å². The van der Waals surface area contributed by atoms with Gasteiger partial charge in [0, 0.05) is 6.61 Å². The lowest BCUT2D eigenvalue weighted by atomic mass is 10.3. The summed E-state index contributed by atoms with van der Waals surface area (Å²) in [5.41, 5.74) is 0.317. The fourth-order valence-corrected chi connectivity index (χ4v) is 3.17. The van der Waals surface area contributed by atoms with Crippen molar-refractivity contribution in [1.82, 2.24) is 4.72 Å². The molecule has 0 bridgehead atoms. The van der Waals surface area contributed by atoms with E-state index in [9.17, 15) is 12.8 Å². The lowest BCUT2D eigenvalue weighted by molar-refractivity contribution is 0.194. The van der Waals surface area contributed by atoms with E-state index in [4.69, 9.17) is 4.74 Å². The van der Waals surface area contributed by atoms with Gasteiger partial charge in [0.05, 0.1) is 18.3 Å². The van der Waals surface area contributed by atoms with Gasteiger partial charge in [0.2, 0.25) is 5.96 Å². The molecule has 1 aromatic carbocycles. The van der Waals surface area contributed by atoms with E-state index in [2.05, 4.69) is 15.0 Å².